The van der Waals surface area contributed by atoms with E-state index in [1.807, 2.05) is 24.5 Å². The van der Waals surface area contributed by atoms with E-state index in [-0.39, 0.29) is 0 Å². The molecule has 0 spiro atoms. The molecule has 2 heteroatoms. The number of carbonyl (C=O) groups excluding carboxylic acids is 1. The van der Waals surface area contributed by atoms with E-state index in [1.165, 1.54) is 0 Å². The van der Waals surface area contributed by atoms with Gasteiger partial charge in [-0.15, -0.1) is 0 Å². The first-order chi connectivity index (χ1) is 5.74. The second kappa shape index (κ2) is 4.00. The molecule has 0 aliphatic heterocycles. The first kappa shape index (κ1) is 8.91. The number of hydrogen-bond donors (Lipinski definition) is 0. The first-order valence-corrected chi connectivity index (χ1v) is 4.17. The minimum atomic E-state index is 0.482. The lowest BCUT2D eigenvalue weighted by Gasteiger charge is -1.99. The van der Waals surface area contributed by atoms with Crippen LogP contribution >= 0.6 is 0 Å². The molecule has 0 atom stereocenters. The van der Waals surface area contributed by atoms with Gasteiger partial charge < -0.3 is 4.79 Å². The quantitative estimate of drug-likeness (QED) is 0.487. The lowest BCUT2D eigenvalue weighted by atomic mass is 10.2. The molecule has 0 amide bonds. The number of rotatable bonds is 3. The Morgan fingerprint density at radius 2 is 2.00 bits per heavy atom. The molecular formula is C10H14NO+. The Morgan fingerprint density at radius 3 is 2.42 bits per heavy atom. The van der Waals surface area contributed by atoms with Gasteiger partial charge >= 0.3 is 0 Å². The van der Waals surface area contributed by atoms with Crippen molar-refractivity contribution in [1.29, 1.82) is 0 Å². The number of aromatic nitrogens is 1. The van der Waals surface area contributed by atoms with E-state index in [4.69, 9.17) is 0 Å². The van der Waals surface area contributed by atoms with Gasteiger partial charge in [-0.3, -0.25) is 0 Å². The van der Waals surface area contributed by atoms with Crippen LogP contribution in [0.1, 0.15) is 25.5 Å². The third kappa shape index (κ3) is 2.16. The number of aldehydes is 1. The van der Waals surface area contributed by atoms with Crippen molar-refractivity contribution in [2.24, 2.45) is 0 Å². The highest BCUT2D eigenvalue weighted by Gasteiger charge is 2.03. The zero-order valence-corrected chi connectivity index (χ0v) is 7.53. The molecular weight excluding hydrogens is 150 g/mol. The number of carbonyl (C=O) groups is 1. The van der Waals surface area contributed by atoms with Crippen LogP contribution in [0.3, 0.4) is 0 Å². The summed E-state index contributed by atoms with van der Waals surface area (Å²) in [4.78, 5) is 10.2. The summed E-state index contributed by atoms with van der Waals surface area (Å²) in [6.45, 7) is 4.25. The van der Waals surface area contributed by atoms with E-state index in [0.717, 1.165) is 11.8 Å². The van der Waals surface area contributed by atoms with Crippen molar-refractivity contribution in [2.45, 2.75) is 26.3 Å². The molecule has 0 bridgehead atoms. The predicted molar refractivity (Wildman–Crippen MR) is 46.8 cm³/mol. The zero-order chi connectivity index (χ0) is 8.97. The van der Waals surface area contributed by atoms with Crippen molar-refractivity contribution in [2.75, 3.05) is 0 Å². The fourth-order valence-electron chi connectivity index (χ4n) is 1.05. The molecule has 12 heavy (non-hydrogen) atoms. The first-order valence-electron chi connectivity index (χ1n) is 4.17. The average molecular weight is 164 g/mol. The van der Waals surface area contributed by atoms with Crippen molar-refractivity contribution >= 4 is 6.29 Å². The molecule has 1 heterocycles. The van der Waals surface area contributed by atoms with Crippen LogP contribution < -0.4 is 4.57 Å². The van der Waals surface area contributed by atoms with Gasteiger partial charge in [0, 0.05) is 18.6 Å². The van der Waals surface area contributed by atoms with Gasteiger partial charge in [0.05, 0.1) is 0 Å². The molecule has 1 aromatic heterocycles. The molecule has 0 aliphatic carbocycles. The fraction of sp³-hybridized carbons (Fsp3) is 0.400. The van der Waals surface area contributed by atoms with Crippen LogP contribution in [0.4, 0.5) is 0 Å². The van der Waals surface area contributed by atoms with Gasteiger partial charge in [-0.25, -0.2) is 4.57 Å². The van der Waals surface area contributed by atoms with E-state index in [2.05, 4.69) is 18.4 Å². The van der Waals surface area contributed by atoms with Gasteiger partial charge in [-0.2, -0.15) is 0 Å². The lowest BCUT2D eigenvalue weighted by molar-refractivity contribution is -0.716. The molecule has 0 aliphatic rings. The highest BCUT2D eigenvalue weighted by Crippen LogP contribution is 1.97. The van der Waals surface area contributed by atoms with Gasteiger partial charge in [0.1, 0.15) is 6.29 Å². The minimum Gasteiger partial charge on any atom is -0.303 e. The summed E-state index contributed by atoms with van der Waals surface area (Å²) >= 11 is 0. The Balaban J connectivity index is 2.78. The molecule has 1 aromatic rings. The van der Waals surface area contributed by atoms with Gasteiger partial charge in [0.2, 0.25) is 0 Å². The smallest absolute Gasteiger partial charge is 0.169 e. The van der Waals surface area contributed by atoms with Crippen LogP contribution in [0.5, 0.6) is 0 Å². The molecule has 2 nitrogen and oxygen atoms in total. The van der Waals surface area contributed by atoms with E-state index in [1.54, 1.807) is 0 Å². The van der Waals surface area contributed by atoms with Gasteiger partial charge in [-0.1, -0.05) is 0 Å². The second-order valence-electron chi connectivity index (χ2n) is 3.12. The Morgan fingerprint density at radius 1 is 1.42 bits per heavy atom. The lowest BCUT2D eigenvalue weighted by Crippen LogP contribution is -2.34. The molecule has 0 fully saturated rings. The third-order valence-corrected chi connectivity index (χ3v) is 1.84. The summed E-state index contributed by atoms with van der Waals surface area (Å²) in [7, 11) is 0. The van der Waals surface area contributed by atoms with E-state index < -0.39 is 0 Å². The van der Waals surface area contributed by atoms with Crippen LogP contribution in [0.2, 0.25) is 0 Å². The van der Waals surface area contributed by atoms with Crippen molar-refractivity contribution in [1.82, 2.24) is 0 Å². The molecule has 0 aromatic carbocycles. The van der Waals surface area contributed by atoms with Crippen molar-refractivity contribution < 1.29 is 9.36 Å². The molecule has 0 N–H and O–H groups in total. The Kier molecular flexibility index (Phi) is 2.97. The standard InChI is InChI=1S/C10H14NO/c1-9(2)11-6-3-10(4-7-11)5-8-12/h3-4,6-9H,5H2,1-2H3/q+1. The third-order valence-electron chi connectivity index (χ3n) is 1.84. The number of pyridine rings is 1. The summed E-state index contributed by atoms with van der Waals surface area (Å²) in [6.07, 6.45) is 5.45. The summed E-state index contributed by atoms with van der Waals surface area (Å²) in [5.41, 5.74) is 1.07. The maximum atomic E-state index is 10.2. The Hall–Kier alpha value is -1.18. The number of hydrogen-bond acceptors (Lipinski definition) is 1. The average Bonchev–Trinajstić information content (AvgIpc) is 2.06. The van der Waals surface area contributed by atoms with E-state index >= 15 is 0 Å². The van der Waals surface area contributed by atoms with Crippen LogP contribution in [-0.2, 0) is 11.2 Å². The molecule has 0 saturated carbocycles. The van der Waals surface area contributed by atoms with Crippen molar-refractivity contribution in [3.8, 4) is 0 Å². The summed E-state index contributed by atoms with van der Waals surface area (Å²) in [5, 5.41) is 0. The topological polar surface area (TPSA) is 20.9 Å². The highest BCUT2D eigenvalue weighted by atomic mass is 16.1. The normalized spacial score (nSPS) is 10.2. The van der Waals surface area contributed by atoms with Crippen LogP contribution in [0, 0.1) is 0 Å². The summed E-state index contributed by atoms with van der Waals surface area (Å²) in [6, 6.07) is 4.44. The van der Waals surface area contributed by atoms with Gasteiger partial charge in [0.15, 0.2) is 18.4 Å². The summed E-state index contributed by atoms with van der Waals surface area (Å²) < 4.78 is 2.11. The largest absolute Gasteiger partial charge is 0.303 e. The molecule has 0 saturated heterocycles. The molecule has 1 rings (SSSR count). The maximum absolute atomic E-state index is 10.2. The molecule has 0 unspecified atom stereocenters. The van der Waals surface area contributed by atoms with Crippen LogP contribution in [0.25, 0.3) is 0 Å². The SMILES string of the molecule is CC(C)[n+]1ccc(CC=O)cc1. The van der Waals surface area contributed by atoms with Crippen molar-refractivity contribution in [3.05, 3.63) is 30.1 Å². The van der Waals surface area contributed by atoms with Crippen LogP contribution in [0.15, 0.2) is 24.5 Å². The minimum absolute atomic E-state index is 0.482. The Labute approximate surface area is 72.8 Å². The monoisotopic (exact) mass is 164 g/mol. The van der Waals surface area contributed by atoms with Crippen LogP contribution in [-0.4, -0.2) is 6.29 Å². The molecule has 0 radical (unpaired) electrons. The van der Waals surface area contributed by atoms with E-state index in [9.17, 15) is 4.79 Å². The molecule has 64 valence electrons. The maximum Gasteiger partial charge on any atom is 0.169 e. The Bertz CT molecular complexity index is 251. The second-order valence-corrected chi connectivity index (χ2v) is 3.12. The fourth-order valence-corrected chi connectivity index (χ4v) is 1.05. The number of nitrogens with zero attached hydrogens (tertiary/aromatic N) is 1. The highest BCUT2D eigenvalue weighted by molar-refractivity contribution is 5.54. The van der Waals surface area contributed by atoms with E-state index in [0.29, 0.717) is 12.5 Å². The van der Waals surface area contributed by atoms with Gasteiger partial charge in [-0.05, 0) is 19.4 Å². The summed E-state index contributed by atoms with van der Waals surface area (Å²) in [5.74, 6) is 0. The zero-order valence-electron chi connectivity index (χ0n) is 7.53. The predicted octanol–water partition coefficient (Wildman–Crippen LogP) is 1.30. The van der Waals surface area contributed by atoms with Crippen molar-refractivity contribution in [3.63, 3.8) is 0 Å². The van der Waals surface area contributed by atoms with Gasteiger partial charge in [0.25, 0.3) is 0 Å².